The number of hydrogen-bond acceptors (Lipinski definition) is 3. The first-order valence-corrected chi connectivity index (χ1v) is 7.91. The quantitative estimate of drug-likeness (QED) is 0.859. The lowest BCUT2D eigenvalue weighted by Crippen LogP contribution is -2.48. The maximum Gasteiger partial charge on any atom is 0.0891 e. The first kappa shape index (κ1) is 13.8. The number of piperidine rings is 1. The summed E-state index contributed by atoms with van der Waals surface area (Å²) in [5.74, 6) is 0. The minimum Gasteiger partial charge on any atom is -0.392 e. The number of rotatable bonds is 4. The smallest absolute Gasteiger partial charge is 0.0891 e. The molecule has 1 aromatic carbocycles. The normalized spacial score (nSPS) is 19.6. The van der Waals surface area contributed by atoms with Crippen LogP contribution in [0, 0.1) is 0 Å². The van der Waals surface area contributed by atoms with Gasteiger partial charge in [0.2, 0.25) is 0 Å². The average Bonchev–Trinajstić information content (AvgIpc) is 2.41. The van der Waals surface area contributed by atoms with Gasteiger partial charge in [-0.1, -0.05) is 42.5 Å². The van der Waals surface area contributed by atoms with Gasteiger partial charge >= 0.3 is 0 Å². The Morgan fingerprint density at radius 1 is 1.33 bits per heavy atom. The Labute approximate surface area is 119 Å². The Morgan fingerprint density at radius 2 is 1.94 bits per heavy atom. The second-order valence-corrected chi connectivity index (χ2v) is 6.45. The van der Waals surface area contributed by atoms with Gasteiger partial charge in [-0.2, -0.15) is 11.8 Å². The van der Waals surface area contributed by atoms with Gasteiger partial charge in [-0.3, -0.25) is 4.90 Å². The fourth-order valence-electron chi connectivity index (χ4n) is 2.47. The SMILES string of the molecule is CSC1(C(N)=S)CCN(Cc2ccccc2)CC1. The molecule has 1 aliphatic rings. The molecule has 1 aliphatic heterocycles. The van der Waals surface area contributed by atoms with E-state index in [0.29, 0.717) is 4.99 Å². The molecule has 0 aliphatic carbocycles. The largest absolute Gasteiger partial charge is 0.392 e. The zero-order chi connectivity index (χ0) is 13.0. The highest BCUT2D eigenvalue weighted by Crippen LogP contribution is 2.35. The minimum absolute atomic E-state index is 0.0303. The number of benzene rings is 1. The zero-order valence-corrected chi connectivity index (χ0v) is 12.4. The molecule has 0 radical (unpaired) electrons. The summed E-state index contributed by atoms with van der Waals surface area (Å²) < 4.78 is 0.0303. The summed E-state index contributed by atoms with van der Waals surface area (Å²) in [6, 6.07) is 10.6. The predicted octanol–water partition coefficient (Wildman–Crippen LogP) is 2.67. The van der Waals surface area contributed by atoms with Gasteiger partial charge in [0.15, 0.2) is 0 Å². The monoisotopic (exact) mass is 280 g/mol. The Balaban J connectivity index is 1.93. The van der Waals surface area contributed by atoms with Crippen molar-refractivity contribution < 1.29 is 0 Å². The van der Waals surface area contributed by atoms with E-state index in [1.807, 2.05) is 11.8 Å². The van der Waals surface area contributed by atoms with Crippen LogP contribution in [-0.2, 0) is 6.54 Å². The Bertz CT molecular complexity index is 398. The highest BCUT2D eigenvalue weighted by molar-refractivity contribution is 8.02. The number of hydrogen-bond donors (Lipinski definition) is 1. The highest BCUT2D eigenvalue weighted by atomic mass is 32.2. The standard InChI is InChI=1S/C14H20N2S2/c1-18-14(13(15)17)7-9-16(10-8-14)11-12-5-3-2-4-6-12/h2-6H,7-11H2,1H3,(H2,15,17). The summed E-state index contributed by atoms with van der Waals surface area (Å²) in [6.45, 7) is 3.18. The fourth-order valence-corrected chi connectivity index (χ4v) is 3.71. The summed E-state index contributed by atoms with van der Waals surface area (Å²) in [7, 11) is 0. The van der Waals surface area contributed by atoms with Gasteiger partial charge in [-0.05, 0) is 24.7 Å². The molecule has 4 heteroatoms. The zero-order valence-electron chi connectivity index (χ0n) is 10.8. The molecular weight excluding hydrogens is 260 g/mol. The molecule has 1 heterocycles. The molecule has 0 spiro atoms. The second kappa shape index (κ2) is 6.04. The number of thiocarbonyl (C=S) groups is 1. The summed E-state index contributed by atoms with van der Waals surface area (Å²) in [6.07, 6.45) is 4.25. The Hall–Kier alpha value is -0.580. The number of nitrogens with zero attached hydrogens (tertiary/aromatic N) is 1. The Morgan fingerprint density at radius 3 is 2.44 bits per heavy atom. The molecule has 2 N–H and O–H groups in total. The lowest BCUT2D eigenvalue weighted by Gasteiger charge is -2.40. The van der Waals surface area contributed by atoms with Gasteiger partial charge in [0.05, 0.1) is 9.74 Å². The molecule has 2 rings (SSSR count). The lowest BCUT2D eigenvalue weighted by molar-refractivity contribution is 0.212. The number of likely N-dealkylation sites (tertiary alicyclic amines) is 1. The van der Waals surface area contributed by atoms with Crippen molar-refractivity contribution in [2.24, 2.45) is 5.73 Å². The van der Waals surface area contributed by atoms with Crippen LogP contribution in [0.4, 0.5) is 0 Å². The third kappa shape index (κ3) is 3.05. The topological polar surface area (TPSA) is 29.3 Å². The van der Waals surface area contributed by atoms with E-state index in [1.165, 1.54) is 5.56 Å². The van der Waals surface area contributed by atoms with Crippen molar-refractivity contribution in [1.82, 2.24) is 4.90 Å². The van der Waals surface area contributed by atoms with E-state index in [1.54, 1.807) is 0 Å². The van der Waals surface area contributed by atoms with Crippen LogP contribution in [0.2, 0.25) is 0 Å². The maximum atomic E-state index is 5.90. The molecule has 1 fully saturated rings. The molecule has 0 saturated carbocycles. The van der Waals surface area contributed by atoms with Crippen LogP contribution >= 0.6 is 24.0 Å². The maximum absolute atomic E-state index is 5.90. The Kier molecular flexibility index (Phi) is 4.65. The third-order valence-electron chi connectivity index (χ3n) is 3.75. The summed E-state index contributed by atoms with van der Waals surface area (Å²) >= 11 is 7.05. The van der Waals surface area contributed by atoms with E-state index in [0.717, 1.165) is 32.5 Å². The molecule has 0 atom stereocenters. The molecule has 2 nitrogen and oxygen atoms in total. The fraction of sp³-hybridized carbons (Fsp3) is 0.500. The van der Waals surface area contributed by atoms with E-state index in [-0.39, 0.29) is 4.75 Å². The lowest BCUT2D eigenvalue weighted by atomic mass is 9.95. The van der Waals surface area contributed by atoms with E-state index < -0.39 is 0 Å². The average molecular weight is 280 g/mol. The van der Waals surface area contributed by atoms with Gasteiger partial charge < -0.3 is 5.73 Å². The van der Waals surface area contributed by atoms with Crippen LogP contribution < -0.4 is 5.73 Å². The first-order valence-electron chi connectivity index (χ1n) is 6.28. The summed E-state index contributed by atoms with van der Waals surface area (Å²) in [4.78, 5) is 3.16. The molecule has 0 amide bonds. The van der Waals surface area contributed by atoms with Crippen LogP contribution in [0.1, 0.15) is 18.4 Å². The first-order chi connectivity index (χ1) is 8.66. The van der Waals surface area contributed by atoms with Gasteiger partial charge in [-0.25, -0.2) is 0 Å². The molecule has 0 bridgehead atoms. The van der Waals surface area contributed by atoms with Crippen LogP contribution in [0.3, 0.4) is 0 Å². The summed E-state index contributed by atoms with van der Waals surface area (Å²) in [5, 5.41) is 0. The molecule has 98 valence electrons. The molecule has 1 saturated heterocycles. The minimum atomic E-state index is 0.0303. The molecule has 0 aromatic heterocycles. The van der Waals surface area contributed by atoms with Gasteiger partial charge in [0.25, 0.3) is 0 Å². The van der Waals surface area contributed by atoms with Crippen molar-refractivity contribution >= 4 is 29.0 Å². The van der Waals surface area contributed by atoms with Gasteiger partial charge in [-0.15, -0.1) is 0 Å². The van der Waals surface area contributed by atoms with E-state index in [4.69, 9.17) is 18.0 Å². The van der Waals surface area contributed by atoms with Crippen molar-refractivity contribution in [2.45, 2.75) is 24.1 Å². The molecular formula is C14H20N2S2. The highest BCUT2D eigenvalue weighted by Gasteiger charge is 2.36. The van der Waals surface area contributed by atoms with Crippen molar-refractivity contribution in [1.29, 1.82) is 0 Å². The van der Waals surface area contributed by atoms with Crippen LogP contribution in [0.5, 0.6) is 0 Å². The van der Waals surface area contributed by atoms with Crippen molar-refractivity contribution in [3.63, 3.8) is 0 Å². The van der Waals surface area contributed by atoms with E-state index >= 15 is 0 Å². The number of nitrogens with two attached hydrogens (primary N) is 1. The van der Waals surface area contributed by atoms with Crippen molar-refractivity contribution in [2.75, 3.05) is 19.3 Å². The van der Waals surface area contributed by atoms with E-state index in [9.17, 15) is 0 Å². The van der Waals surface area contributed by atoms with Crippen LogP contribution in [0.15, 0.2) is 30.3 Å². The molecule has 0 unspecified atom stereocenters. The molecule has 1 aromatic rings. The molecule has 18 heavy (non-hydrogen) atoms. The van der Waals surface area contributed by atoms with Crippen LogP contribution in [0.25, 0.3) is 0 Å². The third-order valence-corrected chi connectivity index (χ3v) is 5.68. The number of thioether (sulfide) groups is 1. The van der Waals surface area contributed by atoms with Crippen LogP contribution in [-0.4, -0.2) is 34.0 Å². The van der Waals surface area contributed by atoms with Crippen molar-refractivity contribution in [3.05, 3.63) is 35.9 Å². The predicted molar refractivity (Wildman–Crippen MR) is 84.0 cm³/mol. The second-order valence-electron chi connectivity index (χ2n) is 4.82. The van der Waals surface area contributed by atoms with Gasteiger partial charge in [0, 0.05) is 19.6 Å². The van der Waals surface area contributed by atoms with E-state index in [2.05, 4.69) is 41.5 Å². The van der Waals surface area contributed by atoms with Gasteiger partial charge in [0.1, 0.15) is 0 Å². The van der Waals surface area contributed by atoms with Crippen molar-refractivity contribution in [3.8, 4) is 0 Å². The summed E-state index contributed by atoms with van der Waals surface area (Å²) in [5.41, 5.74) is 7.28.